The van der Waals surface area contributed by atoms with Crippen LogP contribution in [0.2, 0.25) is 0 Å². The van der Waals surface area contributed by atoms with Crippen LogP contribution in [0.1, 0.15) is 38.3 Å². The highest BCUT2D eigenvalue weighted by Crippen LogP contribution is 2.41. The van der Waals surface area contributed by atoms with Gasteiger partial charge in [-0.25, -0.2) is 0 Å². The number of rotatable bonds is 1. The molecule has 0 spiro atoms. The lowest BCUT2D eigenvalue weighted by Crippen LogP contribution is -2.27. The van der Waals surface area contributed by atoms with Gasteiger partial charge in [-0.05, 0) is 60.1 Å². The summed E-state index contributed by atoms with van der Waals surface area (Å²) in [5.74, 6) is 1.17. The van der Waals surface area contributed by atoms with E-state index in [-0.39, 0.29) is 0 Å². The highest BCUT2D eigenvalue weighted by Gasteiger charge is 2.29. The lowest BCUT2D eigenvalue weighted by molar-refractivity contribution is 0.214. The van der Waals surface area contributed by atoms with Gasteiger partial charge < -0.3 is 5.11 Å². The fraction of sp³-hybridized carbons (Fsp3) is 0.600. The molecule has 94 valence electrons. The first-order valence-corrected chi connectivity index (χ1v) is 7.53. The fourth-order valence-electron chi connectivity index (χ4n) is 2.74. The van der Waals surface area contributed by atoms with Crippen molar-refractivity contribution in [3.8, 4) is 5.75 Å². The predicted octanol–water partition coefficient (Wildman–Crippen LogP) is 4.27. The second-order valence-electron chi connectivity index (χ2n) is 6.09. The van der Waals surface area contributed by atoms with Crippen LogP contribution in [0.15, 0.2) is 17.0 Å². The zero-order chi connectivity index (χ0) is 12.6. The number of hydrogen-bond acceptors (Lipinski definition) is 2. The molecule has 0 saturated heterocycles. The lowest BCUT2D eigenvalue weighted by atomic mass is 9.70. The molecule has 0 saturated carbocycles. The van der Waals surface area contributed by atoms with E-state index >= 15 is 0 Å². The van der Waals surface area contributed by atoms with Crippen molar-refractivity contribution in [1.29, 1.82) is 0 Å². The minimum absolute atomic E-state index is 0.380. The summed E-state index contributed by atoms with van der Waals surface area (Å²) >= 11 is 1.75. The van der Waals surface area contributed by atoms with Gasteiger partial charge in [-0.2, -0.15) is 0 Å². The van der Waals surface area contributed by atoms with Crippen LogP contribution >= 0.6 is 11.8 Å². The zero-order valence-electron chi connectivity index (χ0n) is 11.2. The van der Waals surface area contributed by atoms with Crippen molar-refractivity contribution in [3.05, 3.63) is 23.3 Å². The van der Waals surface area contributed by atoms with E-state index in [9.17, 15) is 5.11 Å². The first-order valence-electron chi connectivity index (χ1n) is 6.30. The van der Waals surface area contributed by atoms with E-state index in [0.717, 1.165) is 18.8 Å². The molecule has 0 aromatic heterocycles. The molecule has 1 N–H and O–H groups in total. The Hall–Kier alpha value is -0.630. The van der Waals surface area contributed by atoms with Gasteiger partial charge in [-0.15, -0.1) is 11.8 Å². The number of phenols is 1. The standard InChI is InChI=1S/C15H22OS/c1-15(2,3)11-6-5-10-7-12(16)9-14(17-4)13(10)8-11/h7,9,11,16H,5-6,8H2,1-4H3. The van der Waals surface area contributed by atoms with Crippen molar-refractivity contribution in [1.82, 2.24) is 0 Å². The molecule has 1 aromatic carbocycles. The molecule has 0 amide bonds. The minimum Gasteiger partial charge on any atom is -0.508 e. The minimum atomic E-state index is 0.380. The number of benzene rings is 1. The van der Waals surface area contributed by atoms with E-state index in [1.807, 2.05) is 12.1 Å². The topological polar surface area (TPSA) is 20.2 Å². The van der Waals surface area contributed by atoms with E-state index in [0.29, 0.717) is 11.2 Å². The Bertz CT molecular complexity index is 400. The molecular formula is C15H22OS. The van der Waals surface area contributed by atoms with Gasteiger partial charge in [-0.3, -0.25) is 0 Å². The van der Waals surface area contributed by atoms with Crippen LogP contribution in [0.5, 0.6) is 5.75 Å². The highest BCUT2D eigenvalue weighted by molar-refractivity contribution is 7.98. The van der Waals surface area contributed by atoms with Crippen molar-refractivity contribution >= 4 is 11.8 Å². The quantitative estimate of drug-likeness (QED) is 0.751. The summed E-state index contributed by atoms with van der Waals surface area (Å²) in [6.07, 6.45) is 5.61. The Labute approximate surface area is 109 Å². The third-order valence-corrected chi connectivity index (χ3v) is 4.75. The van der Waals surface area contributed by atoms with Crippen molar-refractivity contribution < 1.29 is 5.11 Å². The molecule has 0 radical (unpaired) electrons. The number of aromatic hydroxyl groups is 1. The maximum atomic E-state index is 9.71. The Morgan fingerprint density at radius 1 is 1.29 bits per heavy atom. The summed E-state index contributed by atoms with van der Waals surface area (Å²) < 4.78 is 0. The summed E-state index contributed by atoms with van der Waals surface area (Å²) in [5, 5.41) is 9.71. The largest absolute Gasteiger partial charge is 0.508 e. The van der Waals surface area contributed by atoms with Crippen molar-refractivity contribution in [2.75, 3.05) is 6.26 Å². The van der Waals surface area contributed by atoms with Gasteiger partial charge >= 0.3 is 0 Å². The van der Waals surface area contributed by atoms with Crippen LogP contribution in [0.4, 0.5) is 0 Å². The smallest absolute Gasteiger partial charge is 0.116 e. The molecule has 1 aromatic rings. The van der Waals surface area contributed by atoms with Gasteiger partial charge in [0.1, 0.15) is 5.75 Å². The van der Waals surface area contributed by atoms with Crippen LogP contribution in [-0.2, 0) is 12.8 Å². The molecular weight excluding hydrogens is 228 g/mol. The summed E-state index contributed by atoms with van der Waals surface area (Å²) in [7, 11) is 0. The third-order valence-electron chi connectivity index (χ3n) is 3.94. The molecule has 0 bridgehead atoms. The van der Waals surface area contributed by atoms with Gasteiger partial charge in [0.05, 0.1) is 0 Å². The second kappa shape index (κ2) is 4.56. The van der Waals surface area contributed by atoms with Crippen LogP contribution in [-0.4, -0.2) is 11.4 Å². The van der Waals surface area contributed by atoms with Gasteiger partial charge in [0.15, 0.2) is 0 Å². The SMILES string of the molecule is CSc1cc(O)cc2c1CC(C(C)(C)C)CC2. The Morgan fingerprint density at radius 2 is 2.00 bits per heavy atom. The van der Waals surface area contributed by atoms with Crippen LogP contribution < -0.4 is 0 Å². The molecule has 1 unspecified atom stereocenters. The van der Waals surface area contributed by atoms with Gasteiger partial charge in [0, 0.05) is 4.90 Å². The third kappa shape index (κ3) is 2.62. The molecule has 0 aliphatic heterocycles. The van der Waals surface area contributed by atoms with Crippen LogP contribution in [0, 0.1) is 11.3 Å². The normalized spacial score (nSPS) is 20.1. The van der Waals surface area contributed by atoms with Gasteiger partial charge in [0.25, 0.3) is 0 Å². The van der Waals surface area contributed by atoms with E-state index in [4.69, 9.17) is 0 Å². The van der Waals surface area contributed by atoms with Crippen LogP contribution in [0.25, 0.3) is 0 Å². The Kier molecular flexibility index (Phi) is 3.44. The number of phenolic OH excluding ortho intramolecular Hbond substituents is 1. The maximum Gasteiger partial charge on any atom is 0.116 e. The molecule has 17 heavy (non-hydrogen) atoms. The molecule has 1 aliphatic rings. The average molecular weight is 250 g/mol. The number of aryl methyl sites for hydroxylation is 1. The van der Waals surface area contributed by atoms with Crippen molar-refractivity contribution in [2.24, 2.45) is 11.3 Å². The molecule has 2 rings (SSSR count). The molecule has 0 fully saturated rings. The molecule has 0 heterocycles. The number of fused-ring (bicyclic) bond motifs is 1. The summed E-state index contributed by atoms with van der Waals surface area (Å²) in [4.78, 5) is 1.26. The molecule has 1 atom stereocenters. The van der Waals surface area contributed by atoms with Crippen molar-refractivity contribution in [2.45, 2.75) is 44.9 Å². The highest BCUT2D eigenvalue weighted by atomic mass is 32.2. The van der Waals surface area contributed by atoms with Gasteiger partial charge in [0.2, 0.25) is 0 Å². The number of hydrogen-bond donors (Lipinski definition) is 1. The Balaban J connectivity index is 2.37. The Morgan fingerprint density at radius 3 is 2.59 bits per heavy atom. The monoisotopic (exact) mass is 250 g/mol. The first kappa shape index (κ1) is 12.8. The van der Waals surface area contributed by atoms with Crippen LogP contribution in [0.3, 0.4) is 0 Å². The second-order valence-corrected chi connectivity index (χ2v) is 6.94. The predicted molar refractivity (Wildman–Crippen MR) is 74.9 cm³/mol. The maximum absolute atomic E-state index is 9.71. The first-order chi connectivity index (χ1) is 7.91. The lowest BCUT2D eigenvalue weighted by Gasteiger charge is -2.35. The zero-order valence-corrected chi connectivity index (χ0v) is 12.0. The van der Waals surface area contributed by atoms with E-state index in [2.05, 4.69) is 27.0 Å². The average Bonchev–Trinajstić information content (AvgIpc) is 2.25. The summed E-state index contributed by atoms with van der Waals surface area (Å²) in [5.41, 5.74) is 3.21. The summed E-state index contributed by atoms with van der Waals surface area (Å²) in [6.45, 7) is 7.01. The molecule has 1 aliphatic carbocycles. The summed E-state index contributed by atoms with van der Waals surface area (Å²) in [6, 6.07) is 3.86. The fourth-order valence-corrected chi connectivity index (χ4v) is 3.44. The van der Waals surface area contributed by atoms with Gasteiger partial charge in [-0.1, -0.05) is 20.8 Å². The number of thioether (sulfide) groups is 1. The van der Waals surface area contributed by atoms with E-state index < -0.39 is 0 Å². The molecule has 1 nitrogen and oxygen atoms in total. The van der Waals surface area contributed by atoms with E-state index in [1.165, 1.54) is 22.4 Å². The van der Waals surface area contributed by atoms with E-state index in [1.54, 1.807) is 11.8 Å². The van der Waals surface area contributed by atoms with Crippen molar-refractivity contribution in [3.63, 3.8) is 0 Å². The molecule has 2 heteroatoms.